The molecule has 2 nitrogen and oxygen atoms in total. The first-order chi connectivity index (χ1) is 7.09. The van der Waals surface area contributed by atoms with Crippen LogP contribution in [0.2, 0.25) is 0 Å². The summed E-state index contributed by atoms with van der Waals surface area (Å²) in [7, 11) is 0. The summed E-state index contributed by atoms with van der Waals surface area (Å²) in [6.07, 6.45) is 4.30. The number of hydrogen-bond donors (Lipinski definition) is 1. The number of nitrogens with one attached hydrogen (secondary N) is 1. The Labute approximate surface area is 93.1 Å². The van der Waals surface area contributed by atoms with Crippen LogP contribution >= 0.6 is 0 Å². The Bertz CT molecular complexity index is 294. The summed E-state index contributed by atoms with van der Waals surface area (Å²) in [5.74, 6) is 1.80. The summed E-state index contributed by atoms with van der Waals surface area (Å²) < 4.78 is 0. The molecule has 1 unspecified atom stereocenters. The van der Waals surface area contributed by atoms with Crippen molar-refractivity contribution in [3.8, 4) is 0 Å². The Morgan fingerprint density at radius 3 is 2.60 bits per heavy atom. The van der Waals surface area contributed by atoms with E-state index in [1.165, 1.54) is 18.4 Å². The van der Waals surface area contributed by atoms with Gasteiger partial charge in [0.25, 0.3) is 0 Å². The average molecular weight is 206 g/mol. The summed E-state index contributed by atoms with van der Waals surface area (Å²) in [5.41, 5.74) is 1.22. The lowest BCUT2D eigenvalue weighted by Gasteiger charge is -2.16. The molecule has 0 radical (unpaired) electrons. The molecule has 1 N–H and O–H groups in total. The second-order valence-corrected chi connectivity index (χ2v) is 4.69. The predicted octanol–water partition coefficient (Wildman–Crippen LogP) is 3.63. The summed E-state index contributed by atoms with van der Waals surface area (Å²) in [5, 5.41) is 3.45. The molecule has 1 atom stereocenters. The molecule has 0 amide bonds. The molecule has 1 heterocycles. The number of hydrogen-bond acceptors (Lipinski definition) is 2. The second-order valence-electron chi connectivity index (χ2n) is 4.69. The molecule has 0 aliphatic rings. The smallest absolute Gasteiger partial charge is 0.129 e. The van der Waals surface area contributed by atoms with Crippen molar-refractivity contribution < 1.29 is 0 Å². The lowest BCUT2D eigenvalue weighted by atomic mass is 10.0. The van der Waals surface area contributed by atoms with E-state index < -0.39 is 0 Å². The number of aryl methyl sites for hydroxylation is 1. The molecule has 0 aromatic carbocycles. The van der Waals surface area contributed by atoms with E-state index in [4.69, 9.17) is 0 Å². The average Bonchev–Trinajstić information content (AvgIpc) is 2.18. The van der Waals surface area contributed by atoms with Gasteiger partial charge >= 0.3 is 0 Å². The monoisotopic (exact) mass is 206 g/mol. The van der Waals surface area contributed by atoms with Gasteiger partial charge in [-0.25, -0.2) is 4.98 Å². The van der Waals surface area contributed by atoms with Crippen molar-refractivity contribution in [3.63, 3.8) is 0 Å². The third kappa shape index (κ3) is 4.32. The second kappa shape index (κ2) is 5.74. The van der Waals surface area contributed by atoms with E-state index in [9.17, 15) is 0 Å². The lowest BCUT2D eigenvalue weighted by Crippen LogP contribution is -2.17. The Morgan fingerprint density at radius 2 is 2.00 bits per heavy atom. The maximum absolute atomic E-state index is 4.33. The van der Waals surface area contributed by atoms with Gasteiger partial charge in [-0.05, 0) is 44.2 Å². The van der Waals surface area contributed by atoms with E-state index >= 15 is 0 Å². The number of pyridine rings is 1. The molecular weight excluding hydrogens is 184 g/mol. The first-order valence-corrected chi connectivity index (χ1v) is 5.77. The van der Waals surface area contributed by atoms with E-state index in [1.807, 2.05) is 12.3 Å². The fraction of sp³-hybridized carbons (Fsp3) is 0.615. The van der Waals surface area contributed by atoms with Gasteiger partial charge in [0.1, 0.15) is 5.82 Å². The van der Waals surface area contributed by atoms with Gasteiger partial charge in [0.15, 0.2) is 0 Å². The minimum atomic E-state index is 0.501. The van der Waals surface area contributed by atoms with Gasteiger partial charge in [-0.1, -0.05) is 19.9 Å². The van der Waals surface area contributed by atoms with Crippen LogP contribution in [0.3, 0.4) is 0 Å². The van der Waals surface area contributed by atoms with Crippen molar-refractivity contribution in [3.05, 3.63) is 23.9 Å². The molecule has 2 heteroatoms. The first-order valence-electron chi connectivity index (χ1n) is 5.77. The topological polar surface area (TPSA) is 24.9 Å². The van der Waals surface area contributed by atoms with Gasteiger partial charge in [-0.3, -0.25) is 0 Å². The van der Waals surface area contributed by atoms with Crippen molar-refractivity contribution in [2.45, 2.75) is 46.6 Å². The molecular formula is C13H22N2. The fourth-order valence-electron chi connectivity index (χ4n) is 1.53. The molecule has 1 aromatic heterocycles. The molecule has 0 fully saturated rings. The maximum Gasteiger partial charge on any atom is 0.129 e. The van der Waals surface area contributed by atoms with Gasteiger partial charge in [0.05, 0.1) is 0 Å². The summed E-state index contributed by atoms with van der Waals surface area (Å²) >= 11 is 0. The highest BCUT2D eigenvalue weighted by atomic mass is 15.0. The molecule has 0 saturated heterocycles. The van der Waals surface area contributed by atoms with Crippen molar-refractivity contribution in [2.75, 3.05) is 5.32 Å². The number of nitrogens with zero attached hydrogens (tertiary/aromatic N) is 1. The van der Waals surface area contributed by atoms with Gasteiger partial charge < -0.3 is 5.32 Å². The van der Waals surface area contributed by atoms with Gasteiger partial charge in [-0.15, -0.1) is 0 Å². The number of aromatic nitrogens is 1. The molecule has 1 rings (SSSR count). The lowest BCUT2D eigenvalue weighted by molar-refractivity contribution is 0.527. The van der Waals surface area contributed by atoms with Crippen LogP contribution in [0, 0.1) is 12.8 Å². The molecule has 0 bridgehead atoms. The van der Waals surface area contributed by atoms with Gasteiger partial charge in [-0.2, -0.15) is 0 Å². The summed E-state index contributed by atoms with van der Waals surface area (Å²) in [6.45, 7) is 8.83. The summed E-state index contributed by atoms with van der Waals surface area (Å²) in [4.78, 5) is 4.33. The molecule has 0 aliphatic carbocycles. The van der Waals surface area contributed by atoms with Crippen LogP contribution in [0.4, 0.5) is 5.82 Å². The Morgan fingerprint density at radius 1 is 1.27 bits per heavy atom. The zero-order chi connectivity index (χ0) is 11.3. The van der Waals surface area contributed by atoms with Crippen LogP contribution in [0.25, 0.3) is 0 Å². The first kappa shape index (κ1) is 12.0. The molecule has 0 spiro atoms. The van der Waals surface area contributed by atoms with Crippen molar-refractivity contribution >= 4 is 5.82 Å². The van der Waals surface area contributed by atoms with Crippen LogP contribution in [0.1, 0.15) is 39.2 Å². The zero-order valence-electron chi connectivity index (χ0n) is 10.2. The third-order valence-electron chi connectivity index (χ3n) is 2.57. The zero-order valence-corrected chi connectivity index (χ0v) is 10.2. The Hall–Kier alpha value is -1.05. The Kier molecular flexibility index (Phi) is 4.60. The van der Waals surface area contributed by atoms with Crippen LogP contribution in [-0.2, 0) is 0 Å². The van der Waals surface area contributed by atoms with E-state index in [0.29, 0.717) is 6.04 Å². The van der Waals surface area contributed by atoms with E-state index in [1.54, 1.807) is 0 Å². The quantitative estimate of drug-likeness (QED) is 0.795. The van der Waals surface area contributed by atoms with Crippen LogP contribution in [0.15, 0.2) is 18.3 Å². The Balaban J connectivity index is 2.44. The normalized spacial score (nSPS) is 12.9. The van der Waals surface area contributed by atoms with Gasteiger partial charge in [0.2, 0.25) is 0 Å². The minimum absolute atomic E-state index is 0.501. The van der Waals surface area contributed by atoms with Crippen molar-refractivity contribution in [2.24, 2.45) is 5.92 Å². The SMILES string of the molecule is Cc1cccnc1NC(C)CCC(C)C. The van der Waals surface area contributed by atoms with Gasteiger partial charge in [0, 0.05) is 12.2 Å². The molecule has 84 valence electrons. The number of rotatable bonds is 5. The minimum Gasteiger partial charge on any atom is -0.367 e. The van der Waals surface area contributed by atoms with E-state index in [2.05, 4.69) is 44.1 Å². The molecule has 15 heavy (non-hydrogen) atoms. The van der Waals surface area contributed by atoms with E-state index in [-0.39, 0.29) is 0 Å². The predicted molar refractivity (Wildman–Crippen MR) is 66.1 cm³/mol. The van der Waals surface area contributed by atoms with Crippen molar-refractivity contribution in [1.29, 1.82) is 0 Å². The van der Waals surface area contributed by atoms with Crippen LogP contribution < -0.4 is 5.32 Å². The third-order valence-corrected chi connectivity index (χ3v) is 2.57. The molecule has 0 saturated carbocycles. The number of anilines is 1. The summed E-state index contributed by atoms with van der Waals surface area (Å²) in [6, 6.07) is 4.56. The van der Waals surface area contributed by atoms with Crippen molar-refractivity contribution in [1.82, 2.24) is 4.98 Å². The largest absolute Gasteiger partial charge is 0.367 e. The standard InChI is InChI=1S/C13H22N2/c1-10(2)7-8-12(4)15-13-11(3)6-5-9-14-13/h5-6,9-10,12H,7-8H2,1-4H3,(H,14,15). The van der Waals surface area contributed by atoms with E-state index in [0.717, 1.165) is 11.7 Å². The highest BCUT2D eigenvalue weighted by Gasteiger charge is 2.05. The van der Waals surface area contributed by atoms with Crippen LogP contribution in [0.5, 0.6) is 0 Å². The van der Waals surface area contributed by atoms with Crippen LogP contribution in [-0.4, -0.2) is 11.0 Å². The fourth-order valence-corrected chi connectivity index (χ4v) is 1.53. The molecule has 0 aliphatic heterocycles. The highest BCUT2D eigenvalue weighted by molar-refractivity contribution is 5.43. The maximum atomic E-state index is 4.33. The highest BCUT2D eigenvalue weighted by Crippen LogP contribution is 2.14. The molecule has 1 aromatic rings.